The van der Waals surface area contributed by atoms with Crippen molar-refractivity contribution in [2.45, 2.75) is 38.3 Å². The number of hydrogen-bond acceptors (Lipinski definition) is 5. The van der Waals surface area contributed by atoms with Crippen LogP contribution in [0.2, 0.25) is 0 Å². The van der Waals surface area contributed by atoms with Gasteiger partial charge in [-0.05, 0) is 79.2 Å². The maximum atomic E-state index is 13.2. The molecule has 3 heterocycles. The number of benzene rings is 3. The van der Waals surface area contributed by atoms with E-state index in [9.17, 15) is 4.79 Å². The minimum atomic E-state index is 0.114. The Morgan fingerprint density at radius 2 is 1.52 bits per heavy atom. The molecule has 2 saturated heterocycles. The van der Waals surface area contributed by atoms with Gasteiger partial charge in [-0.15, -0.1) is 0 Å². The van der Waals surface area contributed by atoms with Crippen LogP contribution < -0.4 is 10.5 Å². The van der Waals surface area contributed by atoms with Crippen molar-refractivity contribution in [2.75, 3.05) is 31.9 Å². The van der Waals surface area contributed by atoms with Crippen LogP contribution >= 0.6 is 0 Å². The number of likely N-dealkylation sites (tertiary alicyclic amines) is 2. The number of nitrogens with two attached hydrogens (primary N) is 1. The quantitative estimate of drug-likeness (QED) is 0.303. The number of aromatic nitrogens is 1. The van der Waals surface area contributed by atoms with Gasteiger partial charge >= 0.3 is 0 Å². The van der Waals surface area contributed by atoms with Crippen molar-refractivity contribution in [3.05, 3.63) is 102 Å². The average Bonchev–Trinajstić information content (AvgIpc) is 3.56. The van der Waals surface area contributed by atoms with Crippen molar-refractivity contribution >= 4 is 11.7 Å². The molecule has 0 spiro atoms. The summed E-state index contributed by atoms with van der Waals surface area (Å²) in [6.45, 7) is 4.47. The SMILES string of the molecule is Nc1ncc(-c2ccc(C(=O)N3CCC(N4CCCC4)CC3)cc2)cc1OCc1ccccc1-c1ccccc1. The van der Waals surface area contributed by atoms with Crippen molar-refractivity contribution < 1.29 is 9.53 Å². The normalized spacial score (nSPS) is 16.2. The van der Waals surface area contributed by atoms with E-state index in [-0.39, 0.29) is 5.91 Å². The Hall–Kier alpha value is -4.16. The molecule has 4 aromatic rings. The van der Waals surface area contributed by atoms with Gasteiger partial charge in [0.25, 0.3) is 5.91 Å². The maximum Gasteiger partial charge on any atom is 0.253 e. The van der Waals surface area contributed by atoms with Crippen molar-refractivity contribution in [3.8, 4) is 28.0 Å². The van der Waals surface area contributed by atoms with Gasteiger partial charge in [-0.2, -0.15) is 0 Å². The lowest BCUT2D eigenvalue weighted by Crippen LogP contribution is -2.45. The molecule has 0 radical (unpaired) electrons. The molecule has 2 aliphatic rings. The highest BCUT2D eigenvalue weighted by molar-refractivity contribution is 5.94. The number of rotatable bonds is 7. The number of amides is 1. The summed E-state index contributed by atoms with van der Waals surface area (Å²) in [4.78, 5) is 22.2. The van der Waals surface area contributed by atoms with Crippen LogP contribution in [-0.2, 0) is 6.61 Å². The van der Waals surface area contributed by atoms with E-state index in [1.165, 1.54) is 25.9 Å². The number of carbonyl (C=O) groups is 1. The van der Waals surface area contributed by atoms with E-state index in [1.54, 1.807) is 6.20 Å². The molecule has 6 nitrogen and oxygen atoms in total. The molecule has 0 unspecified atom stereocenters. The molecule has 0 bridgehead atoms. The van der Waals surface area contributed by atoms with Gasteiger partial charge in [-0.1, -0.05) is 66.7 Å². The fraction of sp³-hybridized carbons (Fsp3) is 0.294. The number of hydrogen-bond donors (Lipinski definition) is 1. The van der Waals surface area contributed by atoms with Gasteiger partial charge in [0.05, 0.1) is 0 Å². The molecule has 6 rings (SSSR count). The molecule has 204 valence electrons. The first-order valence-electron chi connectivity index (χ1n) is 14.3. The summed E-state index contributed by atoms with van der Waals surface area (Å²) in [6.07, 6.45) is 6.51. The van der Waals surface area contributed by atoms with Gasteiger partial charge in [0, 0.05) is 36.5 Å². The fourth-order valence-corrected chi connectivity index (χ4v) is 5.96. The van der Waals surface area contributed by atoms with E-state index in [2.05, 4.69) is 34.1 Å². The van der Waals surface area contributed by atoms with Gasteiger partial charge < -0.3 is 20.3 Å². The van der Waals surface area contributed by atoms with Crippen LogP contribution in [0.25, 0.3) is 22.3 Å². The van der Waals surface area contributed by atoms with Crippen LogP contribution in [0, 0.1) is 0 Å². The Morgan fingerprint density at radius 3 is 2.27 bits per heavy atom. The number of nitrogens with zero attached hydrogens (tertiary/aromatic N) is 3. The minimum Gasteiger partial charge on any atom is -0.485 e. The number of nitrogen functional groups attached to an aromatic ring is 1. The summed E-state index contributed by atoms with van der Waals surface area (Å²) >= 11 is 0. The fourth-order valence-electron chi connectivity index (χ4n) is 5.96. The first-order chi connectivity index (χ1) is 19.7. The van der Waals surface area contributed by atoms with Gasteiger partial charge in [0.15, 0.2) is 11.6 Å². The van der Waals surface area contributed by atoms with Gasteiger partial charge in [0.2, 0.25) is 0 Å². The van der Waals surface area contributed by atoms with Crippen LogP contribution in [0.5, 0.6) is 5.75 Å². The van der Waals surface area contributed by atoms with Gasteiger partial charge in [-0.3, -0.25) is 4.79 Å². The third kappa shape index (κ3) is 5.73. The molecule has 2 N–H and O–H groups in total. The molecular formula is C34H36N4O2. The lowest BCUT2D eigenvalue weighted by Gasteiger charge is -2.36. The third-order valence-corrected chi connectivity index (χ3v) is 8.24. The topological polar surface area (TPSA) is 71.7 Å². The maximum absolute atomic E-state index is 13.2. The smallest absolute Gasteiger partial charge is 0.253 e. The number of carbonyl (C=O) groups excluding carboxylic acids is 1. The number of ether oxygens (including phenoxy) is 1. The van der Waals surface area contributed by atoms with Crippen molar-refractivity contribution in [1.82, 2.24) is 14.8 Å². The number of anilines is 1. The molecule has 0 aliphatic carbocycles. The minimum absolute atomic E-state index is 0.114. The third-order valence-electron chi connectivity index (χ3n) is 8.24. The van der Waals surface area contributed by atoms with Crippen LogP contribution in [-0.4, -0.2) is 52.9 Å². The summed E-state index contributed by atoms with van der Waals surface area (Å²) in [6, 6.07) is 28.8. The summed E-state index contributed by atoms with van der Waals surface area (Å²) in [5.41, 5.74) is 12.1. The molecule has 0 atom stereocenters. The second-order valence-corrected chi connectivity index (χ2v) is 10.8. The summed E-state index contributed by atoms with van der Waals surface area (Å²) in [5, 5.41) is 0. The van der Waals surface area contributed by atoms with Crippen LogP contribution in [0.15, 0.2) is 91.1 Å². The van der Waals surface area contributed by atoms with Crippen LogP contribution in [0.4, 0.5) is 5.82 Å². The monoisotopic (exact) mass is 532 g/mol. The van der Waals surface area contributed by atoms with E-state index in [0.717, 1.165) is 59.3 Å². The standard InChI is InChI=1S/C34H36N4O2/c35-33-32(40-24-28-10-4-5-11-31(28)26-8-2-1-3-9-26)22-29(23-36-33)25-12-14-27(15-13-25)34(39)38-20-16-30(17-21-38)37-18-6-7-19-37/h1-5,8-15,22-23,30H,6-7,16-21,24H2,(H2,35,36). The molecule has 2 fully saturated rings. The van der Waals surface area contributed by atoms with Crippen molar-refractivity contribution in [3.63, 3.8) is 0 Å². The van der Waals surface area contributed by atoms with Crippen LogP contribution in [0.3, 0.4) is 0 Å². The molecule has 1 amide bonds. The predicted molar refractivity (Wildman–Crippen MR) is 160 cm³/mol. The molecule has 0 saturated carbocycles. The van der Waals surface area contributed by atoms with Gasteiger partial charge in [0.1, 0.15) is 6.61 Å². The van der Waals surface area contributed by atoms with Gasteiger partial charge in [-0.25, -0.2) is 4.98 Å². The Labute approximate surface area is 236 Å². The van der Waals surface area contributed by atoms with E-state index in [1.807, 2.05) is 65.6 Å². The summed E-state index contributed by atoms with van der Waals surface area (Å²) in [5.74, 6) is 1.01. The highest BCUT2D eigenvalue weighted by atomic mass is 16.5. The Balaban J connectivity index is 1.11. The zero-order chi connectivity index (χ0) is 27.3. The number of pyridine rings is 1. The van der Waals surface area contributed by atoms with Crippen LogP contribution in [0.1, 0.15) is 41.6 Å². The Morgan fingerprint density at radius 1 is 0.825 bits per heavy atom. The molecule has 6 heteroatoms. The first-order valence-corrected chi connectivity index (χ1v) is 14.3. The van der Waals surface area contributed by atoms with E-state index in [4.69, 9.17) is 10.5 Å². The second kappa shape index (κ2) is 11.9. The largest absolute Gasteiger partial charge is 0.485 e. The van der Waals surface area contributed by atoms with Crippen molar-refractivity contribution in [1.29, 1.82) is 0 Å². The predicted octanol–water partition coefficient (Wildman–Crippen LogP) is 6.28. The molecule has 3 aromatic carbocycles. The van der Waals surface area contributed by atoms with E-state index in [0.29, 0.717) is 24.2 Å². The zero-order valence-electron chi connectivity index (χ0n) is 22.8. The average molecular weight is 533 g/mol. The Bertz CT molecular complexity index is 1440. The molecular weight excluding hydrogens is 496 g/mol. The summed E-state index contributed by atoms with van der Waals surface area (Å²) < 4.78 is 6.18. The van der Waals surface area contributed by atoms with E-state index < -0.39 is 0 Å². The molecule has 40 heavy (non-hydrogen) atoms. The highest BCUT2D eigenvalue weighted by Gasteiger charge is 2.28. The highest BCUT2D eigenvalue weighted by Crippen LogP contribution is 2.30. The number of piperidine rings is 1. The second-order valence-electron chi connectivity index (χ2n) is 10.8. The summed E-state index contributed by atoms with van der Waals surface area (Å²) in [7, 11) is 0. The van der Waals surface area contributed by atoms with E-state index >= 15 is 0 Å². The Kier molecular flexibility index (Phi) is 7.78. The van der Waals surface area contributed by atoms with Crippen molar-refractivity contribution in [2.24, 2.45) is 0 Å². The first kappa shape index (κ1) is 26.1. The molecule has 2 aliphatic heterocycles. The lowest BCUT2D eigenvalue weighted by molar-refractivity contribution is 0.0644. The zero-order valence-corrected chi connectivity index (χ0v) is 22.8. The molecule has 1 aromatic heterocycles. The lowest BCUT2D eigenvalue weighted by atomic mass is 10.0.